The van der Waals surface area contributed by atoms with Gasteiger partial charge in [-0.05, 0) is 13.0 Å². The van der Waals surface area contributed by atoms with Gasteiger partial charge in [-0.1, -0.05) is 0 Å². The maximum atomic E-state index is 12.3. The molecule has 1 aliphatic heterocycles. The van der Waals surface area contributed by atoms with Gasteiger partial charge in [0, 0.05) is 20.1 Å². The van der Waals surface area contributed by atoms with Gasteiger partial charge in [-0.2, -0.15) is 15.1 Å². The number of nitrogens with zero attached hydrogens (tertiary/aromatic N) is 5. The Morgan fingerprint density at radius 1 is 1.21 bits per heavy atom. The summed E-state index contributed by atoms with van der Waals surface area (Å²) in [4.78, 5) is 22.8. The summed E-state index contributed by atoms with van der Waals surface area (Å²) in [6.45, 7) is 3.10. The van der Waals surface area contributed by atoms with Gasteiger partial charge in [-0.15, -0.1) is 0 Å². The van der Waals surface area contributed by atoms with Crippen LogP contribution in [-0.4, -0.2) is 59.0 Å². The van der Waals surface area contributed by atoms with E-state index in [1.165, 1.54) is 0 Å². The number of nitrogens with one attached hydrogen (secondary N) is 1. The molecule has 0 radical (unpaired) electrons. The molecule has 3 heterocycles. The Morgan fingerprint density at radius 2 is 1.83 bits per heavy atom. The van der Waals surface area contributed by atoms with E-state index in [1.807, 2.05) is 11.8 Å². The molecule has 24 heavy (non-hydrogen) atoms. The van der Waals surface area contributed by atoms with Crippen molar-refractivity contribution >= 4 is 11.9 Å². The van der Waals surface area contributed by atoms with Crippen molar-refractivity contribution in [3.05, 3.63) is 23.5 Å². The Hall–Kier alpha value is -2.84. The number of rotatable bonds is 5. The first-order valence-corrected chi connectivity index (χ1v) is 7.53. The fraction of sp³-hybridized carbons (Fsp3) is 0.467. The topological polar surface area (TPSA) is 94.4 Å². The summed E-state index contributed by atoms with van der Waals surface area (Å²) in [5.74, 6) is 1.27. The number of hydrogen-bond donors (Lipinski definition) is 1. The summed E-state index contributed by atoms with van der Waals surface area (Å²) in [6, 6.07) is 3.42. The van der Waals surface area contributed by atoms with Gasteiger partial charge >= 0.3 is 0 Å². The van der Waals surface area contributed by atoms with Crippen LogP contribution in [0.15, 0.2) is 12.1 Å². The molecule has 2 aromatic rings. The number of methoxy groups -OCH3 is 2. The Kier molecular flexibility index (Phi) is 4.24. The van der Waals surface area contributed by atoms with Crippen molar-refractivity contribution in [2.75, 3.05) is 32.2 Å². The second-order valence-electron chi connectivity index (χ2n) is 5.62. The number of hydrogen-bond acceptors (Lipinski definition) is 7. The first-order valence-electron chi connectivity index (χ1n) is 7.53. The van der Waals surface area contributed by atoms with Crippen LogP contribution in [-0.2, 0) is 7.05 Å². The molecule has 128 valence electrons. The molecule has 0 spiro atoms. The van der Waals surface area contributed by atoms with E-state index in [4.69, 9.17) is 9.47 Å². The van der Waals surface area contributed by atoms with Crippen molar-refractivity contribution in [3.8, 4) is 11.8 Å². The molecule has 1 aliphatic rings. The van der Waals surface area contributed by atoms with Gasteiger partial charge in [-0.3, -0.25) is 9.48 Å². The van der Waals surface area contributed by atoms with Gasteiger partial charge in [0.15, 0.2) is 0 Å². The minimum absolute atomic E-state index is 0.0357. The molecule has 3 rings (SSSR count). The standard InChI is InChI=1S/C15H20N6O3/c1-9-5-11(20(2)19-9)14(22)16-10-7-21(8-10)15-17-12(23-3)6-13(18-15)24-4/h5-6,10H,7-8H2,1-4H3,(H,16,22). The quantitative estimate of drug-likeness (QED) is 0.833. The molecule has 1 saturated heterocycles. The molecule has 9 heteroatoms. The largest absolute Gasteiger partial charge is 0.481 e. The molecule has 0 saturated carbocycles. The Balaban J connectivity index is 1.61. The number of aromatic nitrogens is 4. The highest BCUT2D eigenvalue weighted by molar-refractivity contribution is 5.93. The van der Waals surface area contributed by atoms with Crippen molar-refractivity contribution in [3.63, 3.8) is 0 Å². The zero-order valence-corrected chi connectivity index (χ0v) is 14.1. The minimum atomic E-state index is -0.133. The second kappa shape index (κ2) is 6.34. The zero-order chi connectivity index (χ0) is 17.3. The van der Waals surface area contributed by atoms with E-state index in [0.29, 0.717) is 36.5 Å². The number of carbonyl (C=O) groups excluding carboxylic acids is 1. The van der Waals surface area contributed by atoms with Gasteiger partial charge in [0.2, 0.25) is 17.7 Å². The van der Waals surface area contributed by atoms with Crippen LogP contribution in [0.2, 0.25) is 0 Å². The van der Waals surface area contributed by atoms with E-state index in [2.05, 4.69) is 20.4 Å². The van der Waals surface area contributed by atoms with E-state index in [0.717, 1.165) is 5.69 Å². The van der Waals surface area contributed by atoms with Gasteiger partial charge in [-0.25, -0.2) is 0 Å². The van der Waals surface area contributed by atoms with Crippen LogP contribution in [0.3, 0.4) is 0 Å². The van der Waals surface area contributed by atoms with Crippen LogP contribution < -0.4 is 19.7 Å². The summed E-state index contributed by atoms with van der Waals surface area (Å²) < 4.78 is 11.9. The molecule has 0 unspecified atom stereocenters. The smallest absolute Gasteiger partial charge is 0.269 e. The first-order chi connectivity index (χ1) is 11.5. The number of aryl methyl sites for hydroxylation is 2. The van der Waals surface area contributed by atoms with E-state index >= 15 is 0 Å². The monoisotopic (exact) mass is 332 g/mol. The van der Waals surface area contributed by atoms with E-state index in [1.54, 1.807) is 38.1 Å². The van der Waals surface area contributed by atoms with E-state index < -0.39 is 0 Å². The van der Waals surface area contributed by atoms with Crippen molar-refractivity contribution in [1.82, 2.24) is 25.1 Å². The fourth-order valence-corrected chi connectivity index (χ4v) is 2.56. The van der Waals surface area contributed by atoms with E-state index in [-0.39, 0.29) is 11.9 Å². The third kappa shape index (κ3) is 3.10. The molecule has 0 aliphatic carbocycles. The molecular formula is C15H20N6O3. The lowest BCUT2D eigenvalue weighted by atomic mass is 10.1. The number of amides is 1. The molecule has 1 N–H and O–H groups in total. The molecule has 2 aromatic heterocycles. The first kappa shape index (κ1) is 16.0. The van der Waals surface area contributed by atoms with Gasteiger partial charge in [0.1, 0.15) is 5.69 Å². The lowest BCUT2D eigenvalue weighted by Gasteiger charge is -2.39. The summed E-state index contributed by atoms with van der Waals surface area (Å²) in [5.41, 5.74) is 1.36. The van der Waals surface area contributed by atoms with Crippen LogP contribution in [0.25, 0.3) is 0 Å². The molecule has 9 nitrogen and oxygen atoms in total. The molecule has 1 amide bonds. The maximum Gasteiger partial charge on any atom is 0.269 e. The van der Waals surface area contributed by atoms with Crippen LogP contribution in [0, 0.1) is 6.92 Å². The van der Waals surface area contributed by atoms with Crippen molar-refractivity contribution in [1.29, 1.82) is 0 Å². The predicted molar refractivity (Wildman–Crippen MR) is 86.5 cm³/mol. The van der Waals surface area contributed by atoms with Crippen molar-refractivity contribution in [2.24, 2.45) is 7.05 Å². The van der Waals surface area contributed by atoms with Crippen molar-refractivity contribution in [2.45, 2.75) is 13.0 Å². The third-order valence-electron chi connectivity index (χ3n) is 3.82. The lowest BCUT2D eigenvalue weighted by Crippen LogP contribution is -2.60. The lowest BCUT2D eigenvalue weighted by molar-refractivity contribution is 0.0920. The Morgan fingerprint density at radius 3 is 2.33 bits per heavy atom. The average Bonchev–Trinajstić information content (AvgIpc) is 2.88. The van der Waals surface area contributed by atoms with Crippen LogP contribution in [0.5, 0.6) is 11.8 Å². The van der Waals surface area contributed by atoms with E-state index in [9.17, 15) is 4.79 Å². The highest BCUT2D eigenvalue weighted by atomic mass is 16.5. The van der Waals surface area contributed by atoms with Crippen LogP contribution in [0.4, 0.5) is 5.95 Å². The third-order valence-corrected chi connectivity index (χ3v) is 3.82. The summed E-state index contributed by atoms with van der Waals surface area (Å²) >= 11 is 0. The fourth-order valence-electron chi connectivity index (χ4n) is 2.56. The van der Waals surface area contributed by atoms with Crippen LogP contribution >= 0.6 is 0 Å². The number of ether oxygens (including phenoxy) is 2. The zero-order valence-electron chi connectivity index (χ0n) is 14.1. The summed E-state index contributed by atoms with van der Waals surface area (Å²) in [6.07, 6.45) is 0. The average molecular weight is 332 g/mol. The maximum absolute atomic E-state index is 12.3. The highest BCUT2D eigenvalue weighted by Gasteiger charge is 2.31. The van der Waals surface area contributed by atoms with Gasteiger partial charge < -0.3 is 19.7 Å². The summed E-state index contributed by atoms with van der Waals surface area (Å²) in [5, 5.41) is 7.17. The Labute approximate surface area is 139 Å². The normalized spacial score (nSPS) is 14.2. The SMILES string of the molecule is COc1cc(OC)nc(N2CC(NC(=O)c3cc(C)nn3C)C2)n1. The van der Waals surface area contributed by atoms with Gasteiger partial charge in [0.05, 0.1) is 32.0 Å². The second-order valence-corrected chi connectivity index (χ2v) is 5.62. The minimum Gasteiger partial charge on any atom is -0.481 e. The molecular weight excluding hydrogens is 312 g/mol. The van der Waals surface area contributed by atoms with Crippen LogP contribution in [0.1, 0.15) is 16.2 Å². The highest BCUT2D eigenvalue weighted by Crippen LogP contribution is 2.23. The molecule has 1 fully saturated rings. The predicted octanol–water partition coefficient (Wildman–Crippen LogP) is 0.154. The van der Waals surface area contributed by atoms with Gasteiger partial charge in [0.25, 0.3) is 5.91 Å². The molecule has 0 bridgehead atoms. The van der Waals surface area contributed by atoms with Crippen molar-refractivity contribution < 1.29 is 14.3 Å². The molecule has 0 atom stereocenters. The summed E-state index contributed by atoms with van der Waals surface area (Å²) in [7, 11) is 4.84. The number of carbonyl (C=O) groups is 1. The number of anilines is 1. The Bertz CT molecular complexity index is 731. The molecule has 0 aromatic carbocycles.